The Kier molecular flexibility index (Phi) is 6.27. The van der Waals surface area contributed by atoms with Gasteiger partial charge < -0.3 is 14.5 Å². The van der Waals surface area contributed by atoms with Crippen LogP contribution in [0.3, 0.4) is 0 Å². The van der Waals surface area contributed by atoms with E-state index < -0.39 is 15.0 Å². The Morgan fingerprint density at radius 1 is 1.52 bits per heavy atom. The van der Waals surface area contributed by atoms with Crippen LogP contribution in [0, 0.1) is 5.41 Å². The first-order valence-electron chi connectivity index (χ1n) is 6.08. The first-order valence-corrected chi connectivity index (χ1v) is 9.18. The van der Waals surface area contributed by atoms with Gasteiger partial charge in [-0.15, -0.1) is 0 Å². The number of methoxy groups -OCH3 is 1. The van der Waals surface area contributed by atoms with Gasteiger partial charge in [-0.3, -0.25) is 4.79 Å². The third kappa shape index (κ3) is 5.61. The van der Waals surface area contributed by atoms with Crippen molar-refractivity contribution in [2.75, 3.05) is 20.3 Å². The standard InChI is InChI=1S/C12H17BrClNO5S/c1-12(2,4-5-19-3)7-15-11(16)8-6-9(10(13)20-8)21(14,17)18/h6H,4-5,7H2,1-3H3,(H,15,16). The lowest BCUT2D eigenvalue weighted by molar-refractivity contribution is 0.0892. The van der Waals surface area contributed by atoms with Crippen LogP contribution in [0.5, 0.6) is 0 Å². The van der Waals surface area contributed by atoms with Crippen LogP contribution in [0.15, 0.2) is 20.0 Å². The Morgan fingerprint density at radius 2 is 2.14 bits per heavy atom. The summed E-state index contributed by atoms with van der Waals surface area (Å²) in [5.74, 6) is -0.628. The van der Waals surface area contributed by atoms with Crippen molar-refractivity contribution < 1.29 is 22.4 Å². The zero-order valence-corrected chi connectivity index (χ0v) is 15.1. The topological polar surface area (TPSA) is 85.6 Å². The predicted octanol–water partition coefficient (Wildman–Crippen LogP) is 2.76. The normalized spacial score (nSPS) is 12.4. The number of rotatable bonds is 7. The zero-order valence-electron chi connectivity index (χ0n) is 11.9. The van der Waals surface area contributed by atoms with Crippen molar-refractivity contribution >= 4 is 41.6 Å². The van der Waals surface area contributed by atoms with E-state index in [0.717, 1.165) is 12.5 Å². The third-order valence-electron chi connectivity index (χ3n) is 2.85. The van der Waals surface area contributed by atoms with E-state index in [1.54, 1.807) is 7.11 Å². The molecule has 1 aromatic heterocycles. The lowest BCUT2D eigenvalue weighted by Crippen LogP contribution is -2.34. The molecule has 21 heavy (non-hydrogen) atoms. The summed E-state index contributed by atoms with van der Waals surface area (Å²) in [6.07, 6.45) is 0.771. The maximum atomic E-state index is 12.0. The SMILES string of the molecule is COCCC(C)(C)CNC(=O)c1cc(S(=O)(=O)Cl)c(Br)o1. The average molecular weight is 403 g/mol. The Labute approximate surface area is 136 Å². The molecule has 0 aliphatic heterocycles. The molecule has 0 aliphatic rings. The second-order valence-electron chi connectivity index (χ2n) is 5.28. The van der Waals surface area contributed by atoms with Crippen LogP contribution in [0.2, 0.25) is 0 Å². The number of hydrogen-bond donors (Lipinski definition) is 1. The van der Waals surface area contributed by atoms with Crippen molar-refractivity contribution in [3.8, 4) is 0 Å². The van der Waals surface area contributed by atoms with E-state index in [1.165, 1.54) is 0 Å². The maximum absolute atomic E-state index is 12.0. The van der Waals surface area contributed by atoms with Crippen LogP contribution < -0.4 is 5.32 Å². The second-order valence-corrected chi connectivity index (χ2v) is 8.53. The first kappa shape index (κ1) is 18.5. The van der Waals surface area contributed by atoms with Gasteiger partial charge in [-0.2, -0.15) is 0 Å². The number of halogens is 2. The van der Waals surface area contributed by atoms with Crippen molar-refractivity contribution in [2.45, 2.75) is 25.2 Å². The van der Waals surface area contributed by atoms with E-state index in [1.807, 2.05) is 13.8 Å². The summed E-state index contributed by atoms with van der Waals surface area (Å²) < 4.78 is 32.5. The molecule has 0 aliphatic carbocycles. The molecule has 1 N–H and O–H groups in total. The van der Waals surface area contributed by atoms with Gasteiger partial charge in [0.15, 0.2) is 10.4 Å². The van der Waals surface area contributed by atoms with E-state index in [9.17, 15) is 13.2 Å². The minimum atomic E-state index is -3.97. The lowest BCUT2D eigenvalue weighted by atomic mass is 9.90. The van der Waals surface area contributed by atoms with Gasteiger partial charge in [-0.25, -0.2) is 8.42 Å². The molecule has 1 amide bonds. The fourth-order valence-corrected chi connectivity index (χ4v) is 3.54. The fourth-order valence-electron chi connectivity index (χ4n) is 1.50. The quantitative estimate of drug-likeness (QED) is 0.709. The van der Waals surface area contributed by atoms with Gasteiger partial charge in [0.05, 0.1) is 0 Å². The highest BCUT2D eigenvalue weighted by Gasteiger charge is 2.25. The van der Waals surface area contributed by atoms with Gasteiger partial charge in [-0.05, 0) is 27.8 Å². The van der Waals surface area contributed by atoms with Crippen LogP contribution >= 0.6 is 26.6 Å². The van der Waals surface area contributed by atoms with Crippen LogP contribution in [0.1, 0.15) is 30.8 Å². The number of carbonyl (C=O) groups excluding carboxylic acids is 1. The molecule has 0 saturated heterocycles. The second kappa shape index (κ2) is 7.13. The lowest BCUT2D eigenvalue weighted by Gasteiger charge is -2.24. The Hall–Kier alpha value is -0.570. The summed E-state index contributed by atoms with van der Waals surface area (Å²) in [6, 6.07) is 1.09. The summed E-state index contributed by atoms with van der Waals surface area (Å²) in [6.45, 7) is 4.96. The average Bonchev–Trinajstić information content (AvgIpc) is 2.76. The Bertz CT molecular complexity index is 611. The Balaban J connectivity index is 2.73. The highest BCUT2D eigenvalue weighted by molar-refractivity contribution is 9.10. The fraction of sp³-hybridized carbons (Fsp3) is 0.583. The van der Waals surface area contributed by atoms with Crippen LogP contribution in [-0.2, 0) is 13.8 Å². The summed E-state index contributed by atoms with van der Waals surface area (Å²) in [4.78, 5) is 11.7. The number of hydrogen-bond acceptors (Lipinski definition) is 5. The number of carbonyl (C=O) groups is 1. The first-order chi connectivity index (χ1) is 9.57. The smallest absolute Gasteiger partial charge is 0.287 e. The van der Waals surface area contributed by atoms with Gasteiger partial charge >= 0.3 is 0 Å². The zero-order chi connectivity index (χ0) is 16.3. The van der Waals surface area contributed by atoms with E-state index >= 15 is 0 Å². The monoisotopic (exact) mass is 401 g/mol. The summed E-state index contributed by atoms with van der Waals surface area (Å²) in [5.41, 5.74) is -0.156. The van der Waals surface area contributed by atoms with Crippen LogP contribution in [0.4, 0.5) is 0 Å². The number of ether oxygens (including phenoxy) is 1. The van der Waals surface area contributed by atoms with E-state index in [2.05, 4.69) is 21.2 Å². The molecular weight excluding hydrogens is 386 g/mol. The molecule has 9 heteroatoms. The molecule has 6 nitrogen and oxygen atoms in total. The van der Waals surface area contributed by atoms with Crippen LogP contribution in [0.25, 0.3) is 0 Å². The van der Waals surface area contributed by atoms with Crippen LogP contribution in [-0.4, -0.2) is 34.6 Å². The van der Waals surface area contributed by atoms with E-state index in [4.69, 9.17) is 19.8 Å². The third-order valence-corrected chi connectivity index (χ3v) is 5.03. The van der Waals surface area contributed by atoms with Crippen molar-refractivity contribution in [1.29, 1.82) is 0 Å². The van der Waals surface area contributed by atoms with Crippen molar-refractivity contribution in [3.05, 3.63) is 16.5 Å². The van der Waals surface area contributed by atoms with Gasteiger partial charge in [0.2, 0.25) is 0 Å². The van der Waals surface area contributed by atoms with Gasteiger partial charge in [0.1, 0.15) is 4.90 Å². The molecule has 0 saturated carbocycles. The molecule has 1 rings (SSSR count). The van der Waals surface area contributed by atoms with Crippen molar-refractivity contribution in [1.82, 2.24) is 5.32 Å². The van der Waals surface area contributed by atoms with Crippen molar-refractivity contribution in [3.63, 3.8) is 0 Å². The molecule has 0 aromatic carbocycles. The maximum Gasteiger partial charge on any atom is 0.287 e. The summed E-state index contributed by atoms with van der Waals surface area (Å²) in [5, 5.41) is 2.69. The van der Waals surface area contributed by atoms with E-state index in [0.29, 0.717) is 13.2 Å². The molecule has 1 heterocycles. The van der Waals surface area contributed by atoms with Gasteiger partial charge in [0, 0.05) is 37.0 Å². The molecule has 120 valence electrons. The molecule has 0 radical (unpaired) electrons. The largest absolute Gasteiger partial charge is 0.443 e. The Morgan fingerprint density at radius 3 is 2.62 bits per heavy atom. The summed E-state index contributed by atoms with van der Waals surface area (Å²) >= 11 is 2.92. The molecule has 0 atom stereocenters. The highest BCUT2D eigenvalue weighted by Crippen LogP contribution is 2.29. The molecule has 0 bridgehead atoms. The molecule has 0 spiro atoms. The number of furan rings is 1. The number of nitrogens with one attached hydrogen (secondary N) is 1. The summed E-state index contributed by atoms with van der Waals surface area (Å²) in [7, 11) is 2.87. The van der Waals surface area contributed by atoms with Crippen molar-refractivity contribution in [2.24, 2.45) is 5.41 Å². The predicted molar refractivity (Wildman–Crippen MR) is 82.1 cm³/mol. The minimum absolute atomic E-state index is 0.0960. The number of amides is 1. The molecule has 0 fully saturated rings. The van der Waals surface area contributed by atoms with E-state index in [-0.39, 0.29) is 20.7 Å². The molecule has 1 aromatic rings. The minimum Gasteiger partial charge on any atom is -0.443 e. The molecule has 0 unspecified atom stereocenters. The van der Waals surface area contributed by atoms with Gasteiger partial charge in [0.25, 0.3) is 15.0 Å². The van der Waals surface area contributed by atoms with Gasteiger partial charge in [-0.1, -0.05) is 13.8 Å². The highest BCUT2D eigenvalue weighted by atomic mass is 79.9. The molecular formula is C12H17BrClNO5S.